The molecule has 0 bridgehead atoms. The lowest BCUT2D eigenvalue weighted by Gasteiger charge is -2.03. The van der Waals surface area contributed by atoms with E-state index < -0.39 is 23.7 Å². The molecule has 0 radical (unpaired) electrons. The van der Waals surface area contributed by atoms with Gasteiger partial charge in [-0.25, -0.2) is 13.6 Å². The highest BCUT2D eigenvalue weighted by Gasteiger charge is 2.23. The van der Waals surface area contributed by atoms with Gasteiger partial charge in [0.2, 0.25) is 0 Å². The Morgan fingerprint density at radius 1 is 1.62 bits per heavy atom. The van der Waals surface area contributed by atoms with Crippen LogP contribution in [0.5, 0.6) is 0 Å². The molecule has 0 unspecified atom stereocenters. The first-order valence-electron chi connectivity index (χ1n) is 3.49. The van der Waals surface area contributed by atoms with Crippen LogP contribution in [-0.4, -0.2) is 32.3 Å². The minimum absolute atomic E-state index is 0.417. The fourth-order valence-corrected chi connectivity index (χ4v) is 0.662. The minimum Gasteiger partial charge on any atom is -0.465 e. The molecule has 4 nitrogen and oxygen atoms in total. The summed E-state index contributed by atoms with van der Waals surface area (Å²) in [5, 5.41) is 8.29. The number of methoxy groups -OCH3 is 1. The van der Waals surface area contributed by atoms with Crippen molar-refractivity contribution in [2.24, 2.45) is 0 Å². The lowest BCUT2D eigenvalue weighted by atomic mass is 10.2. The summed E-state index contributed by atoms with van der Waals surface area (Å²) in [6, 6.07) is 0. The molecule has 0 aromatic heterocycles. The van der Waals surface area contributed by atoms with Crippen molar-refractivity contribution in [2.45, 2.75) is 6.43 Å². The number of halogens is 2. The van der Waals surface area contributed by atoms with E-state index >= 15 is 0 Å². The van der Waals surface area contributed by atoms with Crippen LogP contribution in [0, 0.1) is 5.41 Å². The summed E-state index contributed by atoms with van der Waals surface area (Å²) in [4.78, 5) is 10.9. The number of nitrogens with one attached hydrogen (secondary N) is 1. The average Bonchev–Trinajstić information content (AvgIpc) is 2.11. The van der Waals surface area contributed by atoms with Crippen molar-refractivity contribution in [3.05, 3.63) is 11.8 Å². The lowest BCUT2D eigenvalue weighted by Crippen LogP contribution is -2.73. The molecule has 6 heteroatoms. The van der Waals surface area contributed by atoms with Gasteiger partial charge < -0.3 is 10.1 Å². The molecule has 0 aliphatic rings. The van der Waals surface area contributed by atoms with Crippen LogP contribution in [-0.2, 0) is 9.53 Å². The lowest BCUT2D eigenvalue weighted by molar-refractivity contribution is -0.556. The van der Waals surface area contributed by atoms with Crippen LogP contribution in [0.2, 0.25) is 0 Å². The van der Waals surface area contributed by atoms with E-state index in [0.29, 0.717) is 0 Å². The number of nitrogens with two attached hydrogens (primary N) is 1. The fraction of sp³-hybridized carbons (Fsp3) is 0.429. The van der Waals surface area contributed by atoms with E-state index in [2.05, 4.69) is 4.74 Å². The standard InChI is InChI=1S/C7H10F2N2O2/c1-11-3-4(7(12)13-2)5(10)6(8)9/h3,6,10-11H,1-2H3/p+1. The third-order valence-electron chi connectivity index (χ3n) is 1.25. The van der Waals surface area contributed by atoms with Gasteiger partial charge in [-0.1, -0.05) is 0 Å². The topological polar surface area (TPSA) is 66.8 Å². The van der Waals surface area contributed by atoms with Crippen LogP contribution in [0.4, 0.5) is 8.78 Å². The SMILES string of the molecule is C[NH2+]C=C(C(=N)C(F)F)C(=O)OC. The number of hydrogen-bond donors (Lipinski definition) is 2. The van der Waals surface area contributed by atoms with Crippen molar-refractivity contribution in [3.8, 4) is 0 Å². The van der Waals surface area contributed by atoms with Crippen LogP contribution in [0.1, 0.15) is 0 Å². The number of hydrogen-bond acceptors (Lipinski definition) is 3. The van der Waals surface area contributed by atoms with E-state index in [1.165, 1.54) is 5.32 Å². The molecule has 0 aromatic carbocycles. The predicted octanol–water partition coefficient (Wildman–Crippen LogP) is -0.479. The number of carbonyl (C=O) groups excluding carboxylic acids is 1. The van der Waals surface area contributed by atoms with E-state index in [0.717, 1.165) is 13.3 Å². The van der Waals surface area contributed by atoms with Crippen molar-refractivity contribution >= 4 is 11.7 Å². The molecule has 0 aromatic rings. The molecule has 0 aliphatic heterocycles. The first-order valence-corrected chi connectivity index (χ1v) is 3.49. The number of alkyl halides is 2. The Bertz CT molecular complexity index is 239. The molecule has 0 atom stereocenters. The van der Waals surface area contributed by atoms with Crippen molar-refractivity contribution in [1.82, 2.24) is 0 Å². The zero-order valence-electron chi connectivity index (χ0n) is 7.30. The first kappa shape index (κ1) is 11.7. The van der Waals surface area contributed by atoms with Crippen molar-refractivity contribution in [2.75, 3.05) is 14.2 Å². The van der Waals surface area contributed by atoms with Gasteiger partial charge in [-0.15, -0.1) is 0 Å². The summed E-state index contributed by atoms with van der Waals surface area (Å²) in [5.74, 6) is -0.927. The molecule has 0 fully saturated rings. The van der Waals surface area contributed by atoms with E-state index in [1.807, 2.05) is 0 Å². The van der Waals surface area contributed by atoms with E-state index in [9.17, 15) is 13.6 Å². The van der Waals surface area contributed by atoms with Crippen molar-refractivity contribution in [3.63, 3.8) is 0 Å². The van der Waals surface area contributed by atoms with Gasteiger partial charge in [0.15, 0.2) is 0 Å². The van der Waals surface area contributed by atoms with Gasteiger partial charge in [-0.3, -0.25) is 5.41 Å². The van der Waals surface area contributed by atoms with Gasteiger partial charge in [-0.2, -0.15) is 0 Å². The zero-order chi connectivity index (χ0) is 10.4. The van der Waals surface area contributed by atoms with Crippen LogP contribution in [0.25, 0.3) is 0 Å². The highest BCUT2D eigenvalue weighted by atomic mass is 19.3. The van der Waals surface area contributed by atoms with Crippen molar-refractivity contribution < 1.29 is 23.6 Å². The monoisotopic (exact) mass is 193 g/mol. The van der Waals surface area contributed by atoms with Crippen LogP contribution in [0.3, 0.4) is 0 Å². The molecule has 0 aliphatic carbocycles. The van der Waals surface area contributed by atoms with Crippen LogP contribution >= 0.6 is 0 Å². The molecule has 3 N–H and O–H groups in total. The van der Waals surface area contributed by atoms with Gasteiger partial charge in [0, 0.05) is 0 Å². The second-order valence-electron chi connectivity index (χ2n) is 2.12. The maximum Gasteiger partial charge on any atom is 0.345 e. The summed E-state index contributed by atoms with van der Waals surface area (Å²) < 4.78 is 28.3. The van der Waals surface area contributed by atoms with Gasteiger partial charge in [0.05, 0.1) is 14.2 Å². The number of carbonyl (C=O) groups is 1. The third kappa shape index (κ3) is 3.29. The molecule has 13 heavy (non-hydrogen) atoms. The molecule has 74 valence electrons. The number of quaternary nitrogens is 1. The molecular weight excluding hydrogens is 182 g/mol. The second-order valence-corrected chi connectivity index (χ2v) is 2.12. The maximum atomic E-state index is 12.0. The molecule has 0 saturated heterocycles. The molecule has 0 saturated carbocycles. The minimum atomic E-state index is -2.97. The molecule has 0 spiro atoms. The summed E-state index contributed by atoms with van der Waals surface area (Å²) in [6.45, 7) is 0. The van der Waals surface area contributed by atoms with Crippen LogP contribution < -0.4 is 5.32 Å². The molecular formula is C7H11F2N2O2+. The van der Waals surface area contributed by atoms with Gasteiger partial charge in [0.1, 0.15) is 17.5 Å². The van der Waals surface area contributed by atoms with Crippen LogP contribution in [0.15, 0.2) is 11.8 Å². The Hall–Kier alpha value is -1.30. The second kappa shape index (κ2) is 5.36. The van der Waals surface area contributed by atoms with E-state index in [1.54, 1.807) is 7.05 Å². The molecule has 0 heterocycles. The summed E-state index contributed by atoms with van der Waals surface area (Å²) in [7, 11) is 2.63. The number of esters is 1. The summed E-state index contributed by atoms with van der Waals surface area (Å²) in [6.07, 6.45) is -1.84. The Morgan fingerprint density at radius 3 is 2.46 bits per heavy atom. The highest BCUT2D eigenvalue weighted by Crippen LogP contribution is 2.05. The Balaban J connectivity index is 4.72. The number of rotatable bonds is 4. The normalized spacial score (nSPS) is 11.6. The smallest absolute Gasteiger partial charge is 0.345 e. The highest BCUT2D eigenvalue weighted by molar-refractivity contribution is 6.19. The number of ether oxygens (including phenoxy) is 1. The van der Waals surface area contributed by atoms with Gasteiger partial charge in [0.25, 0.3) is 6.43 Å². The van der Waals surface area contributed by atoms with Crippen molar-refractivity contribution in [1.29, 1.82) is 5.41 Å². The fourth-order valence-electron chi connectivity index (χ4n) is 0.662. The summed E-state index contributed by atoms with van der Waals surface area (Å²) in [5.41, 5.74) is -1.44. The Labute approximate surface area is 74.1 Å². The average molecular weight is 193 g/mol. The molecule has 0 amide bonds. The third-order valence-corrected chi connectivity index (χ3v) is 1.25. The maximum absolute atomic E-state index is 12.0. The Kier molecular flexibility index (Phi) is 4.83. The zero-order valence-corrected chi connectivity index (χ0v) is 7.30. The summed E-state index contributed by atoms with van der Waals surface area (Å²) >= 11 is 0. The predicted molar refractivity (Wildman–Crippen MR) is 41.7 cm³/mol. The first-order chi connectivity index (χ1) is 6.04. The van der Waals surface area contributed by atoms with Gasteiger partial charge in [-0.05, 0) is 0 Å². The Morgan fingerprint density at radius 2 is 2.15 bits per heavy atom. The molecule has 0 rings (SSSR count). The quantitative estimate of drug-likeness (QED) is 0.360. The van der Waals surface area contributed by atoms with Gasteiger partial charge >= 0.3 is 5.97 Å². The van der Waals surface area contributed by atoms with E-state index in [4.69, 9.17) is 5.41 Å². The van der Waals surface area contributed by atoms with E-state index in [-0.39, 0.29) is 0 Å². The largest absolute Gasteiger partial charge is 0.465 e.